The summed E-state index contributed by atoms with van der Waals surface area (Å²) in [6.07, 6.45) is 3.38. The summed E-state index contributed by atoms with van der Waals surface area (Å²) in [5, 5.41) is 0.638. The lowest BCUT2D eigenvalue weighted by molar-refractivity contribution is -0.120. The van der Waals surface area contributed by atoms with Crippen LogP contribution in [0, 0.1) is 6.92 Å². The minimum absolute atomic E-state index is 0.152. The van der Waals surface area contributed by atoms with Crippen molar-refractivity contribution < 1.29 is 19.1 Å². The molecule has 160 valence electrons. The van der Waals surface area contributed by atoms with Crippen LogP contribution >= 0.6 is 11.6 Å². The molecule has 0 saturated carbocycles. The van der Waals surface area contributed by atoms with Gasteiger partial charge in [0.25, 0.3) is 5.91 Å². The van der Waals surface area contributed by atoms with E-state index in [1.54, 1.807) is 66.7 Å². The van der Waals surface area contributed by atoms with Crippen LogP contribution in [0.25, 0.3) is 0 Å². The van der Waals surface area contributed by atoms with E-state index < -0.39 is 5.97 Å². The van der Waals surface area contributed by atoms with E-state index in [4.69, 9.17) is 21.1 Å². The molecule has 0 N–H and O–H groups in total. The molecule has 7 heteroatoms. The van der Waals surface area contributed by atoms with Gasteiger partial charge in [-0.05, 0) is 73.5 Å². The minimum atomic E-state index is -0.402. The van der Waals surface area contributed by atoms with Crippen LogP contribution in [-0.2, 0) is 16.1 Å². The van der Waals surface area contributed by atoms with Gasteiger partial charge in [-0.3, -0.25) is 9.78 Å². The number of amides is 1. The van der Waals surface area contributed by atoms with Crippen molar-refractivity contribution in [1.29, 1.82) is 0 Å². The molecule has 0 atom stereocenters. The molecule has 0 aliphatic rings. The first-order chi connectivity index (χ1) is 15.0. The second-order valence-corrected chi connectivity index (χ2v) is 7.22. The molecule has 6 nitrogen and oxygen atoms in total. The van der Waals surface area contributed by atoms with E-state index in [1.165, 1.54) is 0 Å². The third kappa shape index (κ3) is 6.06. The van der Waals surface area contributed by atoms with Crippen molar-refractivity contribution in [3.63, 3.8) is 0 Å². The molecular formula is C24H23ClN2O4. The third-order valence-corrected chi connectivity index (χ3v) is 4.97. The predicted octanol–water partition coefficient (Wildman–Crippen LogP) is 4.83. The van der Waals surface area contributed by atoms with Gasteiger partial charge in [0.15, 0.2) is 6.61 Å². The van der Waals surface area contributed by atoms with E-state index in [1.807, 2.05) is 19.1 Å². The summed E-state index contributed by atoms with van der Waals surface area (Å²) in [5.74, 6) is -0.0739. The summed E-state index contributed by atoms with van der Waals surface area (Å²) in [4.78, 5) is 30.7. The Hall–Kier alpha value is -3.38. The second kappa shape index (κ2) is 10.6. The average molecular weight is 439 g/mol. The number of hydrogen-bond donors (Lipinski definition) is 0. The lowest BCUT2D eigenvalue weighted by Gasteiger charge is -2.23. The molecule has 1 heterocycles. The van der Waals surface area contributed by atoms with Crippen LogP contribution in [-0.4, -0.2) is 30.1 Å². The van der Waals surface area contributed by atoms with E-state index in [2.05, 4.69) is 4.98 Å². The highest BCUT2D eigenvalue weighted by Crippen LogP contribution is 2.22. The summed E-state index contributed by atoms with van der Waals surface area (Å²) in [5.41, 5.74) is 2.80. The van der Waals surface area contributed by atoms with Crippen molar-refractivity contribution in [3.8, 4) is 5.75 Å². The summed E-state index contributed by atoms with van der Waals surface area (Å²) >= 11 is 6.05. The monoisotopic (exact) mass is 438 g/mol. The average Bonchev–Trinajstić information content (AvgIpc) is 2.79. The van der Waals surface area contributed by atoms with E-state index in [0.717, 1.165) is 11.1 Å². The third-order valence-electron chi connectivity index (χ3n) is 4.55. The highest BCUT2D eigenvalue weighted by molar-refractivity contribution is 6.31. The Kier molecular flexibility index (Phi) is 7.62. The number of aromatic nitrogens is 1. The summed E-state index contributed by atoms with van der Waals surface area (Å²) < 4.78 is 10.7. The van der Waals surface area contributed by atoms with Crippen molar-refractivity contribution in [1.82, 2.24) is 4.98 Å². The molecule has 1 amide bonds. The van der Waals surface area contributed by atoms with Gasteiger partial charge in [0.1, 0.15) is 5.75 Å². The molecule has 3 aromatic rings. The molecule has 0 bridgehead atoms. The lowest BCUT2D eigenvalue weighted by Crippen LogP contribution is -2.34. The number of aryl methyl sites for hydroxylation is 1. The normalized spacial score (nSPS) is 10.4. The van der Waals surface area contributed by atoms with Crippen LogP contribution < -0.4 is 9.64 Å². The zero-order valence-electron chi connectivity index (χ0n) is 17.4. The van der Waals surface area contributed by atoms with Gasteiger partial charge >= 0.3 is 5.97 Å². The van der Waals surface area contributed by atoms with Gasteiger partial charge in [0.05, 0.1) is 18.7 Å². The Labute approximate surface area is 186 Å². The highest BCUT2D eigenvalue weighted by Gasteiger charge is 2.18. The zero-order chi connectivity index (χ0) is 22.2. The number of rotatable bonds is 8. The molecule has 0 radical (unpaired) electrons. The van der Waals surface area contributed by atoms with Crippen molar-refractivity contribution in [3.05, 3.63) is 88.7 Å². The van der Waals surface area contributed by atoms with Crippen LogP contribution in [0.5, 0.6) is 5.75 Å². The standard InChI is InChI=1S/C24H23ClN2O4/c1-3-30-24(29)19-6-8-20(9-7-19)27(15-18-5-4-12-26-14-18)23(28)16-31-21-10-11-22(25)17(2)13-21/h4-14H,3,15-16H2,1-2H3. The van der Waals surface area contributed by atoms with Crippen molar-refractivity contribution in [2.75, 3.05) is 18.1 Å². The predicted molar refractivity (Wildman–Crippen MR) is 120 cm³/mol. The fourth-order valence-corrected chi connectivity index (χ4v) is 3.04. The Morgan fingerprint density at radius 1 is 1.10 bits per heavy atom. The smallest absolute Gasteiger partial charge is 0.338 e. The number of esters is 1. The summed E-state index contributed by atoms with van der Waals surface area (Å²) in [6, 6.07) is 15.7. The first-order valence-electron chi connectivity index (χ1n) is 9.83. The van der Waals surface area contributed by atoms with Crippen LogP contribution in [0.1, 0.15) is 28.4 Å². The molecule has 0 unspecified atom stereocenters. The van der Waals surface area contributed by atoms with Crippen molar-refractivity contribution in [2.45, 2.75) is 20.4 Å². The number of carbonyl (C=O) groups excluding carboxylic acids is 2. The first-order valence-corrected chi connectivity index (χ1v) is 10.2. The largest absolute Gasteiger partial charge is 0.484 e. The number of anilines is 1. The molecule has 0 aliphatic carbocycles. The van der Waals surface area contributed by atoms with Gasteiger partial charge in [0.2, 0.25) is 0 Å². The molecule has 0 saturated heterocycles. The van der Waals surface area contributed by atoms with Crippen molar-refractivity contribution >= 4 is 29.2 Å². The van der Waals surface area contributed by atoms with Gasteiger partial charge in [0, 0.05) is 23.1 Å². The van der Waals surface area contributed by atoms with Crippen LogP contribution in [0.2, 0.25) is 5.02 Å². The van der Waals surface area contributed by atoms with E-state index in [9.17, 15) is 9.59 Å². The number of nitrogens with zero attached hydrogens (tertiary/aromatic N) is 2. The maximum atomic E-state index is 13.1. The Balaban J connectivity index is 1.79. The van der Waals surface area contributed by atoms with Gasteiger partial charge < -0.3 is 14.4 Å². The highest BCUT2D eigenvalue weighted by atomic mass is 35.5. The van der Waals surface area contributed by atoms with Crippen LogP contribution in [0.3, 0.4) is 0 Å². The van der Waals surface area contributed by atoms with Crippen molar-refractivity contribution in [2.24, 2.45) is 0 Å². The summed E-state index contributed by atoms with van der Waals surface area (Å²) in [7, 11) is 0. The quantitative estimate of drug-likeness (QED) is 0.471. The molecule has 31 heavy (non-hydrogen) atoms. The SMILES string of the molecule is CCOC(=O)c1ccc(N(Cc2cccnc2)C(=O)COc2ccc(Cl)c(C)c2)cc1. The van der Waals surface area contributed by atoms with E-state index in [-0.39, 0.29) is 12.5 Å². The second-order valence-electron chi connectivity index (χ2n) is 6.81. The number of pyridine rings is 1. The molecular weight excluding hydrogens is 416 g/mol. The number of carbonyl (C=O) groups is 2. The topological polar surface area (TPSA) is 68.7 Å². The van der Waals surface area contributed by atoms with Crippen LogP contribution in [0.4, 0.5) is 5.69 Å². The molecule has 0 spiro atoms. The molecule has 0 aliphatic heterocycles. The fraction of sp³-hybridized carbons (Fsp3) is 0.208. The molecule has 2 aromatic carbocycles. The maximum Gasteiger partial charge on any atom is 0.338 e. The fourth-order valence-electron chi connectivity index (χ4n) is 2.92. The minimum Gasteiger partial charge on any atom is -0.484 e. The number of benzene rings is 2. The Morgan fingerprint density at radius 3 is 2.52 bits per heavy atom. The van der Waals surface area contributed by atoms with Gasteiger partial charge in [-0.15, -0.1) is 0 Å². The maximum absolute atomic E-state index is 13.1. The number of hydrogen-bond acceptors (Lipinski definition) is 5. The van der Waals surface area contributed by atoms with Gasteiger partial charge in [-0.2, -0.15) is 0 Å². The Morgan fingerprint density at radius 2 is 1.87 bits per heavy atom. The Bertz CT molecular complexity index is 1040. The van der Waals surface area contributed by atoms with Gasteiger partial charge in [-0.25, -0.2) is 4.79 Å². The van der Waals surface area contributed by atoms with E-state index >= 15 is 0 Å². The molecule has 3 rings (SSSR count). The van der Waals surface area contributed by atoms with E-state index in [0.29, 0.717) is 35.2 Å². The lowest BCUT2D eigenvalue weighted by atomic mass is 10.1. The zero-order valence-corrected chi connectivity index (χ0v) is 18.1. The molecule has 1 aromatic heterocycles. The number of halogens is 1. The van der Waals surface area contributed by atoms with Crippen LogP contribution in [0.15, 0.2) is 67.0 Å². The first kappa shape index (κ1) is 22.3. The molecule has 0 fully saturated rings. The number of ether oxygens (including phenoxy) is 2. The van der Waals surface area contributed by atoms with Gasteiger partial charge in [-0.1, -0.05) is 17.7 Å². The summed E-state index contributed by atoms with van der Waals surface area (Å²) in [6.45, 7) is 4.09.